The zero-order chi connectivity index (χ0) is 12.4. The average molecular weight is 256 g/mol. The Morgan fingerprint density at radius 1 is 1.53 bits per heavy atom. The molecule has 0 atom stereocenters. The molecule has 0 unspecified atom stereocenters. The van der Waals surface area contributed by atoms with E-state index in [1.54, 1.807) is 10.9 Å². The fourth-order valence-corrected chi connectivity index (χ4v) is 2.58. The predicted octanol–water partition coefficient (Wildman–Crippen LogP) is 1.82. The fourth-order valence-electron chi connectivity index (χ4n) is 2.27. The molecular weight excluding hydrogens is 238 g/mol. The molecule has 1 aliphatic heterocycles. The van der Waals surface area contributed by atoms with Gasteiger partial charge < -0.3 is 4.90 Å². The van der Waals surface area contributed by atoms with Crippen LogP contribution < -0.4 is 0 Å². The minimum atomic E-state index is 0.101. The summed E-state index contributed by atoms with van der Waals surface area (Å²) < 4.78 is 1.69. The summed E-state index contributed by atoms with van der Waals surface area (Å²) in [7, 11) is 1.84. The van der Waals surface area contributed by atoms with Gasteiger partial charge in [0.2, 0.25) is 0 Å². The number of piperidine rings is 1. The van der Waals surface area contributed by atoms with Gasteiger partial charge in [-0.05, 0) is 25.7 Å². The first-order chi connectivity index (χ1) is 8.11. The van der Waals surface area contributed by atoms with Crippen molar-refractivity contribution >= 4 is 17.5 Å². The molecule has 1 aliphatic rings. The summed E-state index contributed by atoms with van der Waals surface area (Å²) in [4.78, 5) is 14.2. The van der Waals surface area contributed by atoms with Crippen LogP contribution >= 0.6 is 11.6 Å². The summed E-state index contributed by atoms with van der Waals surface area (Å²) in [6.07, 6.45) is 3.81. The zero-order valence-electron chi connectivity index (χ0n) is 10.3. The van der Waals surface area contributed by atoms with Crippen molar-refractivity contribution in [3.63, 3.8) is 0 Å². The highest BCUT2D eigenvalue weighted by atomic mass is 35.5. The van der Waals surface area contributed by atoms with Gasteiger partial charge in [0.15, 0.2) is 0 Å². The van der Waals surface area contributed by atoms with Gasteiger partial charge in [-0.2, -0.15) is 5.10 Å². The number of alkyl halides is 1. The molecule has 0 N–H and O–H groups in total. The van der Waals surface area contributed by atoms with Crippen LogP contribution in [-0.4, -0.2) is 39.6 Å². The number of hydrogen-bond donors (Lipinski definition) is 0. The number of nitrogens with zero attached hydrogens (tertiary/aromatic N) is 3. The van der Waals surface area contributed by atoms with E-state index in [1.165, 1.54) is 0 Å². The van der Waals surface area contributed by atoms with E-state index >= 15 is 0 Å². The van der Waals surface area contributed by atoms with E-state index in [4.69, 9.17) is 11.6 Å². The Labute approximate surface area is 107 Å². The molecule has 1 fully saturated rings. The first-order valence-corrected chi connectivity index (χ1v) is 6.50. The summed E-state index contributed by atoms with van der Waals surface area (Å²) in [5, 5.41) is 4.21. The van der Waals surface area contributed by atoms with E-state index in [2.05, 4.69) is 5.10 Å². The van der Waals surface area contributed by atoms with Crippen molar-refractivity contribution in [2.45, 2.75) is 19.8 Å². The Morgan fingerprint density at radius 3 is 2.65 bits per heavy atom. The third-order valence-corrected chi connectivity index (χ3v) is 3.80. The second-order valence-corrected chi connectivity index (χ2v) is 5.00. The molecule has 17 heavy (non-hydrogen) atoms. The van der Waals surface area contributed by atoms with Gasteiger partial charge in [0.25, 0.3) is 5.91 Å². The molecule has 2 rings (SSSR count). The summed E-state index contributed by atoms with van der Waals surface area (Å²) in [6, 6.07) is 0. The second kappa shape index (κ2) is 5.08. The van der Waals surface area contributed by atoms with Crippen LogP contribution in [0.1, 0.15) is 28.9 Å². The van der Waals surface area contributed by atoms with Crippen molar-refractivity contribution in [2.75, 3.05) is 19.0 Å². The topological polar surface area (TPSA) is 38.1 Å². The highest BCUT2D eigenvalue weighted by Gasteiger charge is 2.24. The number of carbonyl (C=O) groups excluding carboxylic acids is 1. The Bertz CT molecular complexity index is 408. The smallest absolute Gasteiger partial charge is 0.257 e. The van der Waals surface area contributed by atoms with Crippen LogP contribution in [-0.2, 0) is 7.05 Å². The van der Waals surface area contributed by atoms with Gasteiger partial charge in [0.05, 0.1) is 11.3 Å². The lowest BCUT2D eigenvalue weighted by Crippen LogP contribution is -2.39. The van der Waals surface area contributed by atoms with Gasteiger partial charge in [0, 0.05) is 32.2 Å². The van der Waals surface area contributed by atoms with E-state index in [-0.39, 0.29) is 5.91 Å². The SMILES string of the molecule is Cc1nn(C)cc1C(=O)N1CCC(CCl)CC1. The lowest BCUT2D eigenvalue weighted by molar-refractivity contribution is 0.0697. The van der Waals surface area contributed by atoms with Gasteiger partial charge in [-0.1, -0.05) is 0 Å². The van der Waals surface area contributed by atoms with Crippen molar-refractivity contribution in [1.82, 2.24) is 14.7 Å². The van der Waals surface area contributed by atoms with Crippen molar-refractivity contribution in [3.8, 4) is 0 Å². The molecule has 0 saturated carbocycles. The van der Waals surface area contributed by atoms with Crippen LogP contribution in [0.25, 0.3) is 0 Å². The first kappa shape index (κ1) is 12.4. The predicted molar refractivity (Wildman–Crippen MR) is 67.3 cm³/mol. The lowest BCUT2D eigenvalue weighted by Gasteiger charge is -2.30. The first-order valence-electron chi connectivity index (χ1n) is 5.97. The van der Waals surface area contributed by atoms with Crippen LogP contribution in [0.3, 0.4) is 0 Å². The molecule has 0 bridgehead atoms. The summed E-state index contributed by atoms with van der Waals surface area (Å²) in [5.74, 6) is 1.37. The number of hydrogen-bond acceptors (Lipinski definition) is 2. The molecule has 2 heterocycles. The molecule has 0 radical (unpaired) electrons. The van der Waals surface area contributed by atoms with Gasteiger partial charge in [-0.25, -0.2) is 0 Å². The Balaban J connectivity index is 2.04. The number of halogens is 1. The van der Waals surface area contributed by atoms with Crippen LogP contribution in [0.2, 0.25) is 0 Å². The normalized spacial score (nSPS) is 17.5. The molecule has 5 heteroatoms. The van der Waals surface area contributed by atoms with Crippen LogP contribution in [0.15, 0.2) is 6.20 Å². The quantitative estimate of drug-likeness (QED) is 0.756. The summed E-state index contributed by atoms with van der Waals surface area (Å²) >= 11 is 5.84. The third kappa shape index (κ3) is 2.63. The maximum Gasteiger partial charge on any atom is 0.257 e. The number of aryl methyl sites for hydroxylation is 2. The van der Waals surface area contributed by atoms with Crippen LogP contribution in [0.4, 0.5) is 0 Å². The van der Waals surface area contributed by atoms with Crippen molar-refractivity contribution < 1.29 is 4.79 Å². The minimum absolute atomic E-state index is 0.101. The van der Waals surface area contributed by atoms with E-state index in [0.717, 1.165) is 37.2 Å². The third-order valence-electron chi connectivity index (χ3n) is 3.36. The maximum atomic E-state index is 12.3. The second-order valence-electron chi connectivity index (χ2n) is 4.69. The van der Waals surface area contributed by atoms with Crippen molar-refractivity contribution in [2.24, 2.45) is 13.0 Å². The van der Waals surface area contributed by atoms with Gasteiger partial charge >= 0.3 is 0 Å². The number of rotatable bonds is 2. The maximum absolute atomic E-state index is 12.3. The van der Waals surface area contributed by atoms with Gasteiger partial charge in [-0.15, -0.1) is 11.6 Å². The van der Waals surface area contributed by atoms with E-state index in [9.17, 15) is 4.79 Å². The number of amides is 1. The monoisotopic (exact) mass is 255 g/mol. The van der Waals surface area contributed by atoms with Crippen molar-refractivity contribution in [3.05, 3.63) is 17.5 Å². The van der Waals surface area contributed by atoms with E-state index in [0.29, 0.717) is 11.8 Å². The molecule has 4 nitrogen and oxygen atoms in total. The minimum Gasteiger partial charge on any atom is -0.339 e. The lowest BCUT2D eigenvalue weighted by atomic mass is 9.98. The molecular formula is C12H18ClN3O. The zero-order valence-corrected chi connectivity index (χ0v) is 11.1. The van der Waals surface area contributed by atoms with E-state index < -0.39 is 0 Å². The Hall–Kier alpha value is -1.03. The largest absolute Gasteiger partial charge is 0.339 e. The molecule has 0 spiro atoms. The molecule has 94 valence electrons. The Morgan fingerprint density at radius 2 is 2.18 bits per heavy atom. The van der Waals surface area contributed by atoms with E-state index in [1.807, 2.05) is 18.9 Å². The molecule has 0 aliphatic carbocycles. The van der Waals surface area contributed by atoms with Crippen molar-refractivity contribution in [1.29, 1.82) is 0 Å². The highest BCUT2D eigenvalue weighted by Crippen LogP contribution is 2.20. The summed E-state index contributed by atoms with van der Waals surface area (Å²) in [6.45, 7) is 3.49. The van der Waals surface area contributed by atoms with Crippen LogP contribution in [0.5, 0.6) is 0 Å². The van der Waals surface area contributed by atoms with Gasteiger partial charge in [0.1, 0.15) is 0 Å². The molecule has 1 aromatic rings. The van der Waals surface area contributed by atoms with Gasteiger partial charge in [-0.3, -0.25) is 9.48 Å². The molecule has 1 amide bonds. The highest BCUT2D eigenvalue weighted by molar-refractivity contribution is 6.18. The summed E-state index contributed by atoms with van der Waals surface area (Å²) in [5.41, 5.74) is 1.52. The molecule has 1 aromatic heterocycles. The number of carbonyl (C=O) groups is 1. The average Bonchev–Trinajstić information content (AvgIpc) is 2.68. The number of aromatic nitrogens is 2. The standard InChI is InChI=1S/C12H18ClN3O/c1-9-11(8-15(2)14-9)12(17)16-5-3-10(7-13)4-6-16/h8,10H,3-7H2,1-2H3. The molecule has 0 aromatic carbocycles. The van der Waals surface area contributed by atoms with Crippen LogP contribution in [0, 0.1) is 12.8 Å². The fraction of sp³-hybridized carbons (Fsp3) is 0.667. The molecule has 1 saturated heterocycles. The number of likely N-dealkylation sites (tertiary alicyclic amines) is 1. The Kier molecular flexibility index (Phi) is 3.72.